The SMILES string of the molecule is O=C(c1cnoc1-c1ccccc1)N1CCOC[C@H](O)C1. The molecule has 0 unspecified atom stereocenters. The zero-order chi connectivity index (χ0) is 14.7. The number of β-amino-alcohol motifs (C(OH)–C–C–N with tert-alkyl or cyclic N) is 1. The highest BCUT2D eigenvalue weighted by atomic mass is 16.5. The Kier molecular flexibility index (Phi) is 3.98. The van der Waals surface area contributed by atoms with E-state index in [4.69, 9.17) is 9.26 Å². The summed E-state index contributed by atoms with van der Waals surface area (Å²) in [5.74, 6) is 0.236. The van der Waals surface area contributed by atoms with Crippen molar-refractivity contribution in [3.63, 3.8) is 0 Å². The van der Waals surface area contributed by atoms with Crippen LogP contribution >= 0.6 is 0 Å². The molecule has 1 amide bonds. The molecule has 3 rings (SSSR count). The molecule has 0 spiro atoms. The van der Waals surface area contributed by atoms with E-state index in [0.717, 1.165) is 5.56 Å². The van der Waals surface area contributed by atoms with Gasteiger partial charge >= 0.3 is 0 Å². The molecular weight excluding hydrogens is 272 g/mol. The minimum Gasteiger partial charge on any atom is -0.389 e. The van der Waals surface area contributed by atoms with Crippen molar-refractivity contribution >= 4 is 5.91 Å². The van der Waals surface area contributed by atoms with E-state index >= 15 is 0 Å². The van der Waals surface area contributed by atoms with Gasteiger partial charge in [-0.3, -0.25) is 4.79 Å². The van der Waals surface area contributed by atoms with E-state index in [1.165, 1.54) is 6.20 Å². The normalized spacial score (nSPS) is 19.3. The van der Waals surface area contributed by atoms with Crippen molar-refractivity contribution in [3.8, 4) is 11.3 Å². The van der Waals surface area contributed by atoms with Crippen molar-refractivity contribution in [2.75, 3.05) is 26.3 Å². The Morgan fingerprint density at radius 1 is 1.33 bits per heavy atom. The molecule has 0 bridgehead atoms. The summed E-state index contributed by atoms with van der Waals surface area (Å²) in [5.41, 5.74) is 1.19. The first-order valence-corrected chi connectivity index (χ1v) is 6.81. The highest BCUT2D eigenvalue weighted by Gasteiger charge is 2.26. The lowest BCUT2D eigenvalue weighted by molar-refractivity contribution is 0.0534. The molecule has 2 aromatic rings. The maximum atomic E-state index is 12.6. The van der Waals surface area contributed by atoms with Crippen molar-refractivity contribution in [2.45, 2.75) is 6.10 Å². The topological polar surface area (TPSA) is 75.8 Å². The molecule has 0 saturated carbocycles. The maximum absolute atomic E-state index is 12.6. The number of ether oxygens (including phenoxy) is 1. The van der Waals surface area contributed by atoms with Gasteiger partial charge in [0.1, 0.15) is 5.56 Å². The van der Waals surface area contributed by atoms with Crippen LogP contribution in [0.3, 0.4) is 0 Å². The fourth-order valence-electron chi connectivity index (χ4n) is 2.34. The Hall–Kier alpha value is -2.18. The summed E-state index contributed by atoms with van der Waals surface area (Å²) < 4.78 is 10.5. The molecule has 110 valence electrons. The summed E-state index contributed by atoms with van der Waals surface area (Å²) in [6.07, 6.45) is 0.750. The van der Waals surface area contributed by atoms with Gasteiger partial charge in [0.15, 0.2) is 5.76 Å². The number of carbonyl (C=O) groups is 1. The molecule has 0 radical (unpaired) electrons. The summed E-state index contributed by atoms with van der Waals surface area (Å²) in [5, 5.41) is 13.5. The highest BCUT2D eigenvalue weighted by Crippen LogP contribution is 2.24. The van der Waals surface area contributed by atoms with E-state index in [-0.39, 0.29) is 19.1 Å². The van der Waals surface area contributed by atoms with E-state index in [1.54, 1.807) is 4.90 Å². The van der Waals surface area contributed by atoms with Gasteiger partial charge in [-0.15, -0.1) is 0 Å². The number of aliphatic hydroxyl groups excluding tert-OH is 1. The van der Waals surface area contributed by atoms with Crippen molar-refractivity contribution in [1.29, 1.82) is 0 Å². The van der Waals surface area contributed by atoms with Gasteiger partial charge < -0.3 is 19.3 Å². The number of aromatic nitrogens is 1. The number of amides is 1. The first-order chi connectivity index (χ1) is 10.3. The van der Waals surface area contributed by atoms with Crippen LogP contribution in [0.5, 0.6) is 0 Å². The number of hydrogen-bond acceptors (Lipinski definition) is 5. The van der Waals surface area contributed by atoms with Gasteiger partial charge in [-0.1, -0.05) is 35.5 Å². The number of carbonyl (C=O) groups excluding carboxylic acids is 1. The molecule has 6 heteroatoms. The van der Waals surface area contributed by atoms with Crippen LogP contribution in [0.4, 0.5) is 0 Å². The number of benzene rings is 1. The first-order valence-electron chi connectivity index (χ1n) is 6.81. The molecule has 0 aliphatic carbocycles. The van der Waals surface area contributed by atoms with Crippen LogP contribution < -0.4 is 0 Å². The quantitative estimate of drug-likeness (QED) is 0.898. The molecule has 1 aliphatic heterocycles. The van der Waals surface area contributed by atoms with Crippen LogP contribution in [-0.4, -0.2) is 53.5 Å². The van der Waals surface area contributed by atoms with Crippen LogP contribution in [0.25, 0.3) is 11.3 Å². The molecule has 1 aromatic carbocycles. The van der Waals surface area contributed by atoms with Gasteiger partial charge in [0.25, 0.3) is 5.91 Å². The fourth-order valence-corrected chi connectivity index (χ4v) is 2.34. The monoisotopic (exact) mass is 288 g/mol. The molecule has 2 heterocycles. The largest absolute Gasteiger partial charge is 0.389 e. The van der Waals surface area contributed by atoms with Gasteiger partial charge in [0.05, 0.1) is 25.5 Å². The average Bonchev–Trinajstić information content (AvgIpc) is 2.90. The van der Waals surface area contributed by atoms with Crippen molar-refractivity contribution in [1.82, 2.24) is 10.1 Å². The Bertz CT molecular complexity index is 611. The average molecular weight is 288 g/mol. The smallest absolute Gasteiger partial charge is 0.259 e. The number of nitrogens with zero attached hydrogens (tertiary/aromatic N) is 2. The minimum atomic E-state index is -0.670. The Morgan fingerprint density at radius 3 is 2.95 bits per heavy atom. The zero-order valence-electron chi connectivity index (χ0n) is 11.4. The summed E-state index contributed by atoms with van der Waals surface area (Å²) in [4.78, 5) is 14.2. The molecule has 1 saturated heterocycles. The number of rotatable bonds is 2. The molecule has 21 heavy (non-hydrogen) atoms. The zero-order valence-corrected chi connectivity index (χ0v) is 11.4. The lowest BCUT2D eigenvalue weighted by atomic mass is 10.1. The van der Waals surface area contributed by atoms with Crippen LogP contribution in [0.15, 0.2) is 41.1 Å². The third kappa shape index (κ3) is 2.96. The van der Waals surface area contributed by atoms with Crippen molar-refractivity contribution < 1.29 is 19.2 Å². The Balaban J connectivity index is 1.87. The van der Waals surface area contributed by atoms with Gasteiger partial charge in [0, 0.05) is 18.7 Å². The standard InChI is InChI=1S/C15H16N2O4/c18-12-9-17(6-7-20-10-12)15(19)13-8-16-21-14(13)11-4-2-1-3-5-11/h1-5,8,12,18H,6-7,9-10H2/t12-/m1/s1. The van der Waals surface area contributed by atoms with Crippen LogP contribution in [0.2, 0.25) is 0 Å². The predicted octanol–water partition coefficient (Wildman–Crippen LogP) is 1.17. The number of aliphatic hydroxyl groups is 1. The summed E-state index contributed by atoms with van der Waals surface area (Å²) in [6, 6.07) is 9.35. The predicted molar refractivity (Wildman–Crippen MR) is 74.7 cm³/mol. The summed E-state index contributed by atoms with van der Waals surface area (Å²) in [6.45, 7) is 1.35. The summed E-state index contributed by atoms with van der Waals surface area (Å²) >= 11 is 0. The van der Waals surface area contributed by atoms with E-state index in [0.29, 0.717) is 24.5 Å². The van der Waals surface area contributed by atoms with Crippen molar-refractivity contribution in [2.24, 2.45) is 0 Å². The van der Waals surface area contributed by atoms with Crippen LogP contribution in [0.1, 0.15) is 10.4 Å². The highest BCUT2D eigenvalue weighted by molar-refractivity contribution is 5.99. The van der Waals surface area contributed by atoms with E-state index in [9.17, 15) is 9.90 Å². The fraction of sp³-hybridized carbons (Fsp3) is 0.333. The number of hydrogen-bond donors (Lipinski definition) is 1. The molecular formula is C15H16N2O4. The first kappa shape index (κ1) is 13.8. The molecule has 1 aromatic heterocycles. The lowest BCUT2D eigenvalue weighted by Crippen LogP contribution is -2.37. The third-order valence-electron chi connectivity index (χ3n) is 3.37. The Morgan fingerprint density at radius 2 is 2.14 bits per heavy atom. The lowest BCUT2D eigenvalue weighted by Gasteiger charge is -2.20. The van der Waals surface area contributed by atoms with E-state index in [2.05, 4.69) is 5.16 Å². The Labute approximate surface area is 121 Å². The van der Waals surface area contributed by atoms with Gasteiger partial charge in [-0.2, -0.15) is 0 Å². The molecule has 6 nitrogen and oxygen atoms in total. The van der Waals surface area contributed by atoms with E-state index in [1.807, 2.05) is 30.3 Å². The van der Waals surface area contributed by atoms with Crippen LogP contribution in [-0.2, 0) is 4.74 Å². The van der Waals surface area contributed by atoms with Gasteiger partial charge in [-0.25, -0.2) is 0 Å². The van der Waals surface area contributed by atoms with Crippen molar-refractivity contribution in [3.05, 3.63) is 42.1 Å². The molecule has 1 atom stereocenters. The molecule has 1 fully saturated rings. The molecule has 1 N–H and O–H groups in total. The second-order valence-electron chi connectivity index (χ2n) is 4.91. The second-order valence-corrected chi connectivity index (χ2v) is 4.91. The summed E-state index contributed by atoms with van der Waals surface area (Å²) in [7, 11) is 0. The minimum absolute atomic E-state index is 0.209. The van der Waals surface area contributed by atoms with Gasteiger partial charge in [0.2, 0.25) is 0 Å². The van der Waals surface area contributed by atoms with Crippen LogP contribution in [0, 0.1) is 0 Å². The van der Waals surface area contributed by atoms with E-state index < -0.39 is 6.10 Å². The van der Waals surface area contributed by atoms with Gasteiger partial charge in [-0.05, 0) is 0 Å². The third-order valence-corrected chi connectivity index (χ3v) is 3.37. The second kappa shape index (κ2) is 6.07. The maximum Gasteiger partial charge on any atom is 0.259 e. The molecule has 1 aliphatic rings.